The maximum atomic E-state index is 13.8. The number of hydrogen-bond acceptors (Lipinski definition) is 4. The number of rotatable bonds is 3. The van der Waals surface area contributed by atoms with Crippen LogP contribution in [0, 0.1) is 12.7 Å². The predicted molar refractivity (Wildman–Crippen MR) is 81.1 cm³/mol. The van der Waals surface area contributed by atoms with Crippen molar-refractivity contribution in [1.29, 1.82) is 0 Å². The molecule has 0 unspecified atom stereocenters. The molecule has 3 rings (SSSR count). The van der Waals surface area contributed by atoms with Crippen LogP contribution in [0.5, 0.6) is 0 Å². The molecule has 8 heteroatoms. The fourth-order valence-electron chi connectivity index (χ4n) is 1.98. The maximum Gasteiger partial charge on any atom is 0.278 e. The predicted octanol–water partition coefficient (Wildman–Crippen LogP) is 1.66. The summed E-state index contributed by atoms with van der Waals surface area (Å²) in [5, 5.41) is 6.43. The summed E-state index contributed by atoms with van der Waals surface area (Å²) in [4.78, 5) is 30.8. The third-order valence-corrected chi connectivity index (χ3v) is 3.05. The van der Waals surface area contributed by atoms with Crippen molar-refractivity contribution in [2.24, 2.45) is 0 Å². The molecule has 0 aliphatic rings. The Balaban J connectivity index is 1.96. The first-order valence-electron chi connectivity index (χ1n) is 6.73. The third kappa shape index (κ3) is 3.00. The van der Waals surface area contributed by atoms with Crippen molar-refractivity contribution in [3.8, 4) is 5.69 Å². The maximum absolute atomic E-state index is 13.8. The van der Waals surface area contributed by atoms with Crippen LogP contribution >= 0.6 is 0 Å². The van der Waals surface area contributed by atoms with Gasteiger partial charge < -0.3 is 4.98 Å². The van der Waals surface area contributed by atoms with Crippen LogP contribution in [0.2, 0.25) is 0 Å². The number of nitrogens with one attached hydrogen (secondary N) is 2. The molecule has 1 aromatic carbocycles. The lowest BCUT2D eigenvalue weighted by Crippen LogP contribution is -2.25. The minimum atomic E-state index is -0.610. The lowest BCUT2D eigenvalue weighted by Gasteiger charge is -2.07. The number of aryl methyl sites for hydroxylation is 1. The van der Waals surface area contributed by atoms with Gasteiger partial charge in [0, 0.05) is 18.0 Å². The van der Waals surface area contributed by atoms with E-state index < -0.39 is 17.3 Å². The number of aromatic nitrogens is 4. The zero-order valence-electron chi connectivity index (χ0n) is 12.1. The van der Waals surface area contributed by atoms with Crippen LogP contribution in [0.4, 0.5) is 10.3 Å². The van der Waals surface area contributed by atoms with Gasteiger partial charge in [-0.15, -0.1) is 0 Å². The first kappa shape index (κ1) is 14.6. The Labute approximate surface area is 129 Å². The average Bonchev–Trinajstić information content (AvgIpc) is 2.93. The molecule has 0 spiro atoms. The molecule has 0 radical (unpaired) electrons. The lowest BCUT2D eigenvalue weighted by atomic mass is 10.3. The summed E-state index contributed by atoms with van der Waals surface area (Å²) in [6.07, 6.45) is 1.56. The fourth-order valence-corrected chi connectivity index (χ4v) is 1.98. The Morgan fingerprint density at radius 3 is 2.74 bits per heavy atom. The molecule has 0 saturated carbocycles. The van der Waals surface area contributed by atoms with Gasteiger partial charge in [0.2, 0.25) is 5.95 Å². The van der Waals surface area contributed by atoms with E-state index >= 15 is 0 Å². The summed E-state index contributed by atoms with van der Waals surface area (Å²) in [6.45, 7) is 1.79. The number of para-hydroxylation sites is 1. The molecule has 7 nitrogen and oxygen atoms in total. The van der Waals surface area contributed by atoms with Gasteiger partial charge in [0.05, 0.1) is 0 Å². The van der Waals surface area contributed by atoms with Gasteiger partial charge >= 0.3 is 0 Å². The van der Waals surface area contributed by atoms with E-state index in [0.29, 0.717) is 0 Å². The second-order valence-electron chi connectivity index (χ2n) is 4.79. The summed E-state index contributed by atoms with van der Waals surface area (Å²) in [7, 11) is 0. The van der Waals surface area contributed by atoms with Gasteiger partial charge in [0.1, 0.15) is 17.2 Å². The lowest BCUT2D eigenvalue weighted by molar-refractivity contribution is 0.101. The highest BCUT2D eigenvalue weighted by Crippen LogP contribution is 2.10. The van der Waals surface area contributed by atoms with E-state index in [-0.39, 0.29) is 17.3 Å². The molecule has 2 aromatic heterocycles. The van der Waals surface area contributed by atoms with Gasteiger partial charge in [-0.25, -0.2) is 9.37 Å². The van der Waals surface area contributed by atoms with E-state index in [0.717, 1.165) is 16.4 Å². The Morgan fingerprint density at radius 1 is 1.26 bits per heavy atom. The molecule has 23 heavy (non-hydrogen) atoms. The highest BCUT2D eigenvalue weighted by Gasteiger charge is 2.13. The largest absolute Gasteiger partial charge is 0.328 e. The molecule has 2 N–H and O–H groups in total. The first-order chi connectivity index (χ1) is 11.0. The van der Waals surface area contributed by atoms with Crippen molar-refractivity contribution in [2.45, 2.75) is 6.92 Å². The number of benzene rings is 1. The number of carbonyl (C=O) groups is 1. The molecule has 0 fully saturated rings. The molecule has 0 aliphatic carbocycles. The minimum absolute atomic E-state index is 0.0269. The fraction of sp³-hybridized carbons (Fsp3) is 0.0667. The van der Waals surface area contributed by atoms with Crippen molar-refractivity contribution in [1.82, 2.24) is 19.7 Å². The average molecular weight is 313 g/mol. The standard InChI is InChI=1S/C15H12FN5O2/c1-9-8-17-15(18-9)19-14(23)11-6-7-13(22)21(20-11)12-5-3-2-4-10(12)16/h2-8H,1H3,(H2,17,18,19,23). The number of hydrogen-bond donors (Lipinski definition) is 2. The Morgan fingerprint density at radius 2 is 2.04 bits per heavy atom. The number of imidazole rings is 1. The second-order valence-corrected chi connectivity index (χ2v) is 4.79. The van der Waals surface area contributed by atoms with Gasteiger partial charge in [0.15, 0.2) is 0 Å². The highest BCUT2D eigenvalue weighted by molar-refractivity contribution is 6.01. The summed E-state index contributed by atoms with van der Waals surface area (Å²) in [5.41, 5.74) is 0.174. The van der Waals surface area contributed by atoms with E-state index in [1.54, 1.807) is 19.2 Å². The van der Waals surface area contributed by atoms with Crippen molar-refractivity contribution >= 4 is 11.9 Å². The van der Waals surface area contributed by atoms with Crippen LogP contribution in [0.3, 0.4) is 0 Å². The molecule has 2 heterocycles. The van der Waals surface area contributed by atoms with E-state index in [2.05, 4.69) is 20.4 Å². The molecule has 3 aromatic rings. The molecular weight excluding hydrogens is 301 g/mol. The van der Waals surface area contributed by atoms with E-state index in [1.807, 2.05) is 0 Å². The Hall–Kier alpha value is -3.29. The minimum Gasteiger partial charge on any atom is -0.328 e. The number of anilines is 1. The van der Waals surface area contributed by atoms with E-state index in [1.165, 1.54) is 24.3 Å². The third-order valence-electron chi connectivity index (χ3n) is 3.05. The normalized spacial score (nSPS) is 10.5. The SMILES string of the molecule is Cc1cnc(NC(=O)c2ccc(=O)n(-c3ccccc3F)n2)[nH]1. The summed E-state index contributed by atoms with van der Waals surface area (Å²) in [6, 6.07) is 8.11. The zero-order chi connectivity index (χ0) is 16.4. The number of H-pyrrole nitrogens is 1. The van der Waals surface area contributed by atoms with Gasteiger partial charge in [-0.05, 0) is 25.1 Å². The highest BCUT2D eigenvalue weighted by atomic mass is 19.1. The van der Waals surface area contributed by atoms with Crippen LogP contribution in [0.15, 0.2) is 47.4 Å². The number of halogens is 1. The monoisotopic (exact) mass is 313 g/mol. The molecular formula is C15H12FN5O2. The van der Waals surface area contributed by atoms with Crippen LogP contribution in [0.25, 0.3) is 5.69 Å². The molecule has 0 aliphatic heterocycles. The second kappa shape index (κ2) is 5.84. The molecule has 116 valence electrons. The van der Waals surface area contributed by atoms with Crippen LogP contribution < -0.4 is 10.9 Å². The molecule has 0 atom stereocenters. The first-order valence-corrected chi connectivity index (χ1v) is 6.73. The smallest absolute Gasteiger partial charge is 0.278 e. The van der Waals surface area contributed by atoms with Crippen LogP contribution in [-0.4, -0.2) is 25.7 Å². The Bertz CT molecular complexity index is 931. The molecule has 1 amide bonds. The van der Waals surface area contributed by atoms with Gasteiger partial charge in [-0.2, -0.15) is 9.78 Å². The van der Waals surface area contributed by atoms with Gasteiger partial charge in [0.25, 0.3) is 11.5 Å². The number of carbonyl (C=O) groups excluding carboxylic acids is 1. The van der Waals surface area contributed by atoms with Crippen molar-refractivity contribution in [2.75, 3.05) is 5.32 Å². The van der Waals surface area contributed by atoms with E-state index in [4.69, 9.17) is 0 Å². The van der Waals surface area contributed by atoms with Crippen molar-refractivity contribution in [3.63, 3.8) is 0 Å². The van der Waals surface area contributed by atoms with Crippen molar-refractivity contribution in [3.05, 3.63) is 70.2 Å². The van der Waals surface area contributed by atoms with Crippen molar-refractivity contribution < 1.29 is 9.18 Å². The molecule has 0 saturated heterocycles. The van der Waals surface area contributed by atoms with Crippen LogP contribution in [-0.2, 0) is 0 Å². The number of aromatic amines is 1. The zero-order valence-corrected chi connectivity index (χ0v) is 12.1. The number of nitrogens with zero attached hydrogens (tertiary/aromatic N) is 3. The molecule has 0 bridgehead atoms. The summed E-state index contributed by atoms with van der Waals surface area (Å²) >= 11 is 0. The number of amides is 1. The van der Waals surface area contributed by atoms with Crippen LogP contribution in [0.1, 0.15) is 16.2 Å². The summed E-state index contributed by atoms with van der Waals surface area (Å²) in [5.74, 6) is -0.913. The quantitative estimate of drug-likeness (QED) is 0.769. The summed E-state index contributed by atoms with van der Waals surface area (Å²) < 4.78 is 14.7. The topological polar surface area (TPSA) is 92.7 Å². The van der Waals surface area contributed by atoms with E-state index in [9.17, 15) is 14.0 Å². The van der Waals surface area contributed by atoms with Gasteiger partial charge in [-0.3, -0.25) is 14.9 Å². The van der Waals surface area contributed by atoms with Gasteiger partial charge in [-0.1, -0.05) is 12.1 Å². The Kier molecular flexibility index (Phi) is 3.71.